The second-order valence-corrected chi connectivity index (χ2v) is 9.18. The van der Waals surface area contributed by atoms with Crippen molar-refractivity contribution in [3.63, 3.8) is 0 Å². The quantitative estimate of drug-likeness (QED) is 0.204. The van der Waals surface area contributed by atoms with E-state index in [0.29, 0.717) is 27.6 Å². The van der Waals surface area contributed by atoms with Crippen LogP contribution in [-0.4, -0.2) is 42.3 Å². The molecule has 0 N–H and O–H groups in total. The minimum atomic E-state index is -0.509. The molecule has 0 atom stereocenters. The lowest BCUT2D eigenvalue weighted by Crippen LogP contribution is -2.32. The van der Waals surface area contributed by atoms with Crippen molar-refractivity contribution < 1.29 is 28.6 Å². The van der Waals surface area contributed by atoms with Crippen LogP contribution in [0.2, 0.25) is 5.02 Å². The molecule has 3 aromatic carbocycles. The lowest BCUT2D eigenvalue weighted by molar-refractivity contribution is -0.123. The Hall–Kier alpha value is -3.75. The average molecular weight is 524 g/mol. The third-order valence-electron chi connectivity index (χ3n) is 5.22. The summed E-state index contributed by atoms with van der Waals surface area (Å²) in [6, 6.07) is 18.9. The highest BCUT2D eigenvalue weighted by molar-refractivity contribution is 8.18. The van der Waals surface area contributed by atoms with Crippen molar-refractivity contribution in [2.75, 3.05) is 20.3 Å². The number of imide groups is 1. The van der Waals surface area contributed by atoms with E-state index in [-0.39, 0.29) is 29.0 Å². The van der Waals surface area contributed by atoms with Gasteiger partial charge in [0, 0.05) is 0 Å². The van der Waals surface area contributed by atoms with Crippen LogP contribution in [0.25, 0.3) is 6.08 Å². The van der Waals surface area contributed by atoms with Crippen molar-refractivity contribution in [1.82, 2.24) is 4.90 Å². The molecule has 36 heavy (non-hydrogen) atoms. The molecule has 0 radical (unpaired) electrons. The Bertz CT molecular complexity index is 1360. The van der Waals surface area contributed by atoms with Gasteiger partial charge in [-0.25, -0.2) is 4.79 Å². The molecule has 1 saturated heterocycles. The van der Waals surface area contributed by atoms with E-state index in [1.807, 2.05) is 13.0 Å². The number of aryl methyl sites for hydroxylation is 1. The smallest absolute Gasteiger partial charge is 0.343 e. The van der Waals surface area contributed by atoms with Crippen LogP contribution in [0.5, 0.6) is 17.2 Å². The van der Waals surface area contributed by atoms with Crippen LogP contribution in [0.1, 0.15) is 21.5 Å². The van der Waals surface area contributed by atoms with Gasteiger partial charge in [-0.3, -0.25) is 14.5 Å². The summed E-state index contributed by atoms with van der Waals surface area (Å²) in [6.07, 6.45) is 1.59. The van der Waals surface area contributed by atoms with E-state index < -0.39 is 11.9 Å². The molecule has 0 aromatic heterocycles. The maximum absolute atomic E-state index is 12.8. The summed E-state index contributed by atoms with van der Waals surface area (Å²) in [5.41, 5.74) is 1.98. The first-order chi connectivity index (χ1) is 17.4. The van der Waals surface area contributed by atoms with Crippen LogP contribution in [0.15, 0.2) is 71.6 Å². The molecule has 1 aliphatic heterocycles. The summed E-state index contributed by atoms with van der Waals surface area (Å²) in [4.78, 5) is 39.1. The number of thioether (sulfide) groups is 1. The molecular weight excluding hydrogens is 502 g/mol. The number of carbonyl (C=O) groups excluding carboxylic acids is 3. The molecule has 0 spiro atoms. The highest BCUT2D eigenvalue weighted by atomic mass is 35.5. The Balaban J connectivity index is 1.43. The first-order valence-corrected chi connectivity index (χ1v) is 12.1. The number of hydrogen-bond donors (Lipinski definition) is 0. The van der Waals surface area contributed by atoms with Gasteiger partial charge in [0.2, 0.25) is 0 Å². The predicted molar refractivity (Wildman–Crippen MR) is 139 cm³/mol. The fourth-order valence-corrected chi connectivity index (χ4v) is 4.50. The molecule has 0 bridgehead atoms. The van der Waals surface area contributed by atoms with Crippen molar-refractivity contribution in [2.24, 2.45) is 0 Å². The summed E-state index contributed by atoms with van der Waals surface area (Å²) in [5.74, 6) is 0.117. The third kappa shape index (κ3) is 5.90. The third-order valence-corrected chi connectivity index (χ3v) is 6.44. The van der Waals surface area contributed by atoms with Gasteiger partial charge in [-0.15, -0.1) is 0 Å². The molecule has 0 saturated carbocycles. The number of ether oxygens (including phenoxy) is 3. The largest absolute Gasteiger partial charge is 0.493 e. The number of methoxy groups -OCH3 is 1. The van der Waals surface area contributed by atoms with Crippen LogP contribution in [0.4, 0.5) is 4.79 Å². The van der Waals surface area contributed by atoms with Crippen LogP contribution >= 0.6 is 23.4 Å². The predicted octanol–water partition coefficient (Wildman–Crippen LogP) is 5.99. The van der Waals surface area contributed by atoms with Crippen molar-refractivity contribution in [3.8, 4) is 17.2 Å². The molecule has 1 heterocycles. The fraction of sp³-hybridized carbons (Fsp3) is 0.148. The second-order valence-electron chi connectivity index (χ2n) is 7.78. The van der Waals surface area contributed by atoms with E-state index in [1.54, 1.807) is 66.7 Å². The number of carbonyl (C=O) groups is 3. The van der Waals surface area contributed by atoms with E-state index in [0.717, 1.165) is 22.2 Å². The van der Waals surface area contributed by atoms with E-state index in [1.165, 1.54) is 7.11 Å². The maximum atomic E-state index is 12.8. The van der Waals surface area contributed by atoms with Gasteiger partial charge in [0.1, 0.15) is 12.4 Å². The zero-order chi connectivity index (χ0) is 25.7. The van der Waals surface area contributed by atoms with Crippen LogP contribution < -0.4 is 14.2 Å². The number of para-hydroxylation sites is 1. The minimum Gasteiger partial charge on any atom is -0.493 e. The monoisotopic (exact) mass is 523 g/mol. The van der Waals surface area contributed by atoms with Gasteiger partial charge in [-0.2, -0.15) is 0 Å². The number of rotatable bonds is 8. The molecule has 9 heteroatoms. The molecule has 1 aliphatic rings. The van der Waals surface area contributed by atoms with Gasteiger partial charge in [-0.1, -0.05) is 47.5 Å². The number of nitrogens with zero attached hydrogens (tertiary/aromatic N) is 1. The lowest BCUT2D eigenvalue weighted by atomic mass is 10.1. The van der Waals surface area contributed by atoms with Crippen molar-refractivity contribution in [3.05, 3.63) is 93.3 Å². The average Bonchev–Trinajstić information content (AvgIpc) is 3.13. The topological polar surface area (TPSA) is 82.1 Å². The molecule has 184 valence electrons. The Morgan fingerprint density at radius 3 is 2.56 bits per heavy atom. The minimum absolute atomic E-state index is 0.0877. The number of hydrogen-bond acceptors (Lipinski definition) is 7. The Morgan fingerprint density at radius 2 is 1.81 bits per heavy atom. The summed E-state index contributed by atoms with van der Waals surface area (Å²) >= 11 is 6.91. The normalized spacial score (nSPS) is 14.3. The summed E-state index contributed by atoms with van der Waals surface area (Å²) in [6.45, 7) is 2.09. The van der Waals surface area contributed by atoms with Crippen LogP contribution in [-0.2, 0) is 4.79 Å². The first-order valence-electron chi connectivity index (χ1n) is 11.0. The van der Waals surface area contributed by atoms with E-state index in [4.69, 9.17) is 25.8 Å². The van der Waals surface area contributed by atoms with E-state index in [9.17, 15) is 14.4 Å². The van der Waals surface area contributed by atoms with Gasteiger partial charge in [0.25, 0.3) is 11.1 Å². The van der Waals surface area contributed by atoms with Gasteiger partial charge in [-0.05, 0) is 66.7 Å². The number of benzene rings is 3. The number of amides is 2. The van der Waals surface area contributed by atoms with Crippen LogP contribution in [0, 0.1) is 6.92 Å². The highest BCUT2D eigenvalue weighted by Gasteiger charge is 2.34. The molecule has 3 aromatic rings. The zero-order valence-corrected chi connectivity index (χ0v) is 21.1. The summed E-state index contributed by atoms with van der Waals surface area (Å²) < 4.78 is 16.5. The van der Waals surface area contributed by atoms with Gasteiger partial charge in [0.15, 0.2) is 11.5 Å². The first kappa shape index (κ1) is 25.3. The lowest BCUT2D eigenvalue weighted by Gasteiger charge is -2.13. The number of esters is 1. The fourth-order valence-electron chi connectivity index (χ4n) is 3.44. The second kappa shape index (κ2) is 11.3. The standard InChI is InChI=1S/C27H22ClNO6S/c1-17-6-5-7-19(14-17)26(31)35-22-11-10-18(15-23(22)33-2)16-24-25(30)29(27(32)36-24)12-13-34-21-9-4-3-8-20(21)28/h3-11,14-16H,12-13H2,1-2H3/b24-16-. The summed E-state index contributed by atoms with van der Waals surface area (Å²) in [5, 5.41) is 0.0677. The van der Waals surface area contributed by atoms with Gasteiger partial charge >= 0.3 is 5.97 Å². The molecule has 0 aliphatic carbocycles. The van der Waals surface area contributed by atoms with E-state index in [2.05, 4.69) is 0 Å². The molecule has 0 unspecified atom stereocenters. The van der Waals surface area contributed by atoms with Crippen molar-refractivity contribution >= 4 is 46.6 Å². The Morgan fingerprint density at radius 1 is 1.00 bits per heavy atom. The maximum Gasteiger partial charge on any atom is 0.343 e. The molecule has 7 nitrogen and oxygen atoms in total. The van der Waals surface area contributed by atoms with Crippen molar-refractivity contribution in [2.45, 2.75) is 6.92 Å². The van der Waals surface area contributed by atoms with Crippen molar-refractivity contribution in [1.29, 1.82) is 0 Å². The zero-order valence-electron chi connectivity index (χ0n) is 19.5. The van der Waals surface area contributed by atoms with Crippen LogP contribution in [0.3, 0.4) is 0 Å². The molecule has 2 amide bonds. The molecule has 4 rings (SSSR count). The van der Waals surface area contributed by atoms with Gasteiger partial charge < -0.3 is 14.2 Å². The summed E-state index contributed by atoms with van der Waals surface area (Å²) in [7, 11) is 1.45. The SMILES string of the molecule is COc1cc(/C=C2\SC(=O)N(CCOc3ccccc3Cl)C2=O)ccc1OC(=O)c1cccc(C)c1. The Labute approximate surface area is 217 Å². The van der Waals surface area contributed by atoms with Gasteiger partial charge in [0.05, 0.1) is 29.1 Å². The molecular formula is C27H22ClNO6S. The molecule has 1 fully saturated rings. The van der Waals surface area contributed by atoms with E-state index >= 15 is 0 Å². The Kier molecular flexibility index (Phi) is 7.97. The number of halogens is 1. The highest BCUT2D eigenvalue weighted by Crippen LogP contribution is 2.35.